The number of carbonyl (C=O) groups is 1. The van der Waals surface area contributed by atoms with Gasteiger partial charge in [-0.2, -0.15) is 0 Å². The Morgan fingerprint density at radius 3 is 2.96 bits per heavy atom. The molecule has 1 unspecified atom stereocenters. The van der Waals surface area contributed by atoms with Crippen LogP contribution in [-0.4, -0.2) is 37.3 Å². The normalized spacial score (nSPS) is 16.5. The summed E-state index contributed by atoms with van der Waals surface area (Å²) < 4.78 is 10.9. The van der Waals surface area contributed by atoms with Gasteiger partial charge in [0, 0.05) is 31.0 Å². The SMILES string of the molecule is CCCCCN1C(=O)C(C)Oc2ccc(-c3csc(CCOC)n3)cc21. The number of carbonyl (C=O) groups excluding carboxylic acids is 1. The molecule has 5 nitrogen and oxygen atoms in total. The maximum atomic E-state index is 12.6. The van der Waals surface area contributed by atoms with E-state index < -0.39 is 6.10 Å². The van der Waals surface area contributed by atoms with Gasteiger partial charge in [-0.1, -0.05) is 19.8 Å². The van der Waals surface area contributed by atoms with E-state index in [2.05, 4.69) is 12.3 Å². The lowest BCUT2D eigenvalue weighted by atomic mass is 10.1. The molecular weight excluding hydrogens is 348 g/mol. The van der Waals surface area contributed by atoms with Crippen LogP contribution in [0.25, 0.3) is 11.3 Å². The summed E-state index contributed by atoms with van der Waals surface area (Å²) in [5.74, 6) is 0.803. The fraction of sp³-hybridized carbons (Fsp3) is 0.500. The average molecular weight is 375 g/mol. The number of methoxy groups -OCH3 is 1. The molecule has 0 N–H and O–H groups in total. The Hall–Kier alpha value is -1.92. The molecule has 1 aliphatic rings. The standard InChI is InChI=1S/C20H26N2O3S/c1-4-5-6-10-22-17-12-15(7-8-18(17)25-14(2)20(22)23)16-13-26-19(21-16)9-11-24-3/h7-8,12-14H,4-6,9-11H2,1-3H3. The minimum absolute atomic E-state index is 0.0322. The van der Waals surface area contributed by atoms with Crippen LogP contribution in [0.2, 0.25) is 0 Å². The molecule has 140 valence electrons. The van der Waals surface area contributed by atoms with Crippen LogP contribution < -0.4 is 9.64 Å². The molecule has 0 saturated heterocycles. The van der Waals surface area contributed by atoms with Gasteiger partial charge >= 0.3 is 0 Å². The van der Waals surface area contributed by atoms with Crippen molar-refractivity contribution in [1.29, 1.82) is 0 Å². The highest BCUT2D eigenvalue weighted by atomic mass is 32.1. The maximum absolute atomic E-state index is 12.6. The van der Waals surface area contributed by atoms with E-state index in [1.807, 2.05) is 30.0 Å². The lowest BCUT2D eigenvalue weighted by molar-refractivity contribution is -0.125. The number of benzene rings is 1. The molecule has 3 rings (SSSR count). The summed E-state index contributed by atoms with van der Waals surface area (Å²) >= 11 is 1.64. The Morgan fingerprint density at radius 1 is 1.35 bits per heavy atom. The van der Waals surface area contributed by atoms with E-state index in [1.165, 1.54) is 0 Å². The first-order valence-corrected chi connectivity index (χ1v) is 10.1. The molecule has 1 aliphatic heterocycles. The van der Waals surface area contributed by atoms with E-state index in [1.54, 1.807) is 18.4 Å². The van der Waals surface area contributed by atoms with Crippen molar-refractivity contribution < 1.29 is 14.3 Å². The number of thiazole rings is 1. The molecule has 2 heterocycles. The third-order valence-electron chi connectivity index (χ3n) is 4.52. The largest absolute Gasteiger partial charge is 0.479 e. The molecule has 0 aliphatic carbocycles. The number of amides is 1. The molecule has 0 saturated carbocycles. The third-order valence-corrected chi connectivity index (χ3v) is 5.43. The molecule has 6 heteroatoms. The molecule has 1 atom stereocenters. The second kappa shape index (κ2) is 8.64. The summed E-state index contributed by atoms with van der Waals surface area (Å²) in [7, 11) is 1.70. The number of hydrogen-bond donors (Lipinski definition) is 0. The van der Waals surface area contributed by atoms with Crippen LogP contribution in [0.4, 0.5) is 5.69 Å². The number of fused-ring (bicyclic) bond motifs is 1. The Bertz CT molecular complexity index is 759. The lowest BCUT2D eigenvalue weighted by Gasteiger charge is -2.33. The molecule has 0 spiro atoms. The predicted molar refractivity (Wildman–Crippen MR) is 105 cm³/mol. The first kappa shape index (κ1) is 18.9. The van der Waals surface area contributed by atoms with Crippen molar-refractivity contribution in [1.82, 2.24) is 4.98 Å². The summed E-state index contributed by atoms with van der Waals surface area (Å²) in [5, 5.41) is 3.11. The van der Waals surface area contributed by atoms with Gasteiger partial charge in [0.1, 0.15) is 5.75 Å². The van der Waals surface area contributed by atoms with Crippen LogP contribution in [0.15, 0.2) is 23.6 Å². The van der Waals surface area contributed by atoms with Crippen molar-refractivity contribution in [2.24, 2.45) is 0 Å². The summed E-state index contributed by atoms with van der Waals surface area (Å²) in [4.78, 5) is 19.2. The van der Waals surface area contributed by atoms with E-state index in [4.69, 9.17) is 14.5 Å². The van der Waals surface area contributed by atoms with Crippen LogP contribution in [0, 0.1) is 0 Å². The van der Waals surface area contributed by atoms with Crippen LogP contribution in [-0.2, 0) is 16.0 Å². The minimum atomic E-state index is -0.435. The molecule has 26 heavy (non-hydrogen) atoms. The van der Waals surface area contributed by atoms with E-state index in [0.29, 0.717) is 6.61 Å². The number of nitrogens with zero attached hydrogens (tertiary/aromatic N) is 2. The number of rotatable bonds is 8. The molecule has 2 aromatic rings. The third kappa shape index (κ3) is 4.07. The van der Waals surface area contributed by atoms with Crippen molar-refractivity contribution in [2.75, 3.05) is 25.2 Å². The fourth-order valence-electron chi connectivity index (χ4n) is 3.06. The first-order chi connectivity index (χ1) is 12.6. The second-order valence-corrected chi connectivity index (χ2v) is 7.45. The highest BCUT2D eigenvalue weighted by molar-refractivity contribution is 7.09. The quantitative estimate of drug-likeness (QED) is 0.646. The van der Waals surface area contributed by atoms with E-state index in [-0.39, 0.29) is 5.91 Å². The maximum Gasteiger partial charge on any atom is 0.267 e. The molecule has 0 bridgehead atoms. The van der Waals surface area contributed by atoms with Gasteiger partial charge in [0.15, 0.2) is 6.10 Å². The van der Waals surface area contributed by atoms with E-state index >= 15 is 0 Å². The highest BCUT2D eigenvalue weighted by Crippen LogP contribution is 2.38. The monoisotopic (exact) mass is 374 g/mol. The molecule has 0 fully saturated rings. The minimum Gasteiger partial charge on any atom is -0.479 e. The van der Waals surface area contributed by atoms with Crippen LogP contribution in [0.1, 0.15) is 38.1 Å². The number of ether oxygens (including phenoxy) is 2. The number of unbranched alkanes of at least 4 members (excludes halogenated alkanes) is 2. The summed E-state index contributed by atoms with van der Waals surface area (Å²) in [6.45, 7) is 5.38. The molecule has 1 amide bonds. The molecule has 0 radical (unpaired) electrons. The van der Waals surface area contributed by atoms with Crippen molar-refractivity contribution in [3.8, 4) is 17.0 Å². The number of hydrogen-bond acceptors (Lipinski definition) is 5. The lowest BCUT2D eigenvalue weighted by Crippen LogP contribution is -2.44. The number of aromatic nitrogens is 1. The number of anilines is 1. The van der Waals surface area contributed by atoms with Gasteiger partial charge < -0.3 is 14.4 Å². The Balaban J connectivity index is 1.87. The average Bonchev–Trinajstić information content (AvgIpc) is 3.12. The van der Waals surface area contributed by atoms with Gasteiger partial charge in [-0.15, -0.1) is 11.3 Å². The van der Waals surface area contributed by atoms with Crippen LogP contribution in [0.5, 0.6) is 5.75 Å². The van der Waals surface area contributed by atoms with Gasteiger partial charge in [0.05, 0.1) is 23.0 Å². The smallest absolute Gasteiger partial charge is 0.267 e. The molecule has 1 aromatic heterocycles. The van der Waals surface area contributed by atoms with Crippen molar-refractivity contribution in [3.63, 3.8) is 0 Å². The van der Waals surface area contributed by atoms with Crippen molar-refractivity contribution in [3.05, 3.63) is 28.6 Å². The Labute approximate surface area is 159 Å². The predicted octanol–water partition coefficient (Wildman–Crippen LogP) is 4.30. The summed E-state index contributed by atoms with van der Waals surface area (Å²) in [6.07, 6.45) is 3.62. The molecular formula is C20H26N2O3S. The zero-order valence-corrected chi connectivity index (χ0v) is 16.5. The van der Waals surface area contributed by atoms with Gasteiger partial charge in [-0.25, -0.2) is 4.98 Å². The Kier molecular flexibility index (Phi) is 6.27. The van der Waals surface area contributed by atoms with Crippen LogP contribution >= 0.6 is 11.3 Å². The van der Waals surface area contributed by atoms with Gasteiger partial charge in [-0.05, 0) is 31.5 Å². The molecule has 1 aromatic carbocycles. The summed E-state index contributed by atoms with van der Waals surface area (Å²) in [6, 6.07) is 6.00. The fourth-order valence-corrected chi connectivity index (χ4v) is 3.85. The summed E-state index contributed by atoms with van der Waals surface area (Å²) in [5.41, 5.74) is 2.80. The van der Waals surface area contributed by atoms with Gasteiger partial charge in [-0.3, -0.25) is 4.79 Å². The zero-order valence-electron chi connectivity index (χ0n) is 15.7. The Morgan fingerprint density at radius 2 is 2.19 bits per heavy atom. The highest BCUT2D eigenvalue weighted by Gasteiger charge is 2.31. The second-order valence-electron chi connectivity index (χ2n) is 6.51. The first-order valence-electron chi connectivity index (χ1n) is 9.19. The van der Waals surface area contributed by atoms with Crippen molar-refractivity contribution in [2.45, 2.75) is 45.6 Å². The van der Waals surface area contributed by atoms with Gasteiger partial charge in [0.2, 0.25) is 0 Å². The van der Waals surface area contributed by atoms with Crippen LogP contribution in [0.3, 0.4) is 0 Å². The zero-order chi connectivity index (χ0) is 18.5. The van der Waals surface area contributed by atoms with Gasteiger partial charge in [0.25, 0.3) is 5.91 Å². The van der Waals surface area contributed by atoms with Crippen molar-refractivity contribution >= 4 is 22.9 Å². The van der Waals surface area contributed by atoms with E-state index in [0.717, 1.165) is 59.9 Å². The topological polar surface area (TPSA) is 51.7 Å². The van der Waals surface area contributed by atoms with E-state index in [9.17, 15) is 4.79 Å².